The number of hydrogen-bond donors (Lipinski definition) is 0. The molecule has 0 aromatic heterocycles. The van der Waals surface area contributed by atoms with Gasteiger partial charge in [-0.2, -0.15) is 0 Å². The molecule has 0 spiro atoms. The van der Waals surface area contributed by atoms with Crippen LogP contribution in [0.5, 0.6) is 0 Å². The van der Waals surface area contributed by atoms with Gasteiger partial charge in [0.1, 0.15) is 18.1 Å². The van der Waals surface area contributed by atoms with Crippen LogP contribution in [-0.2, 0) is 28.6 Å². The molecule has 0 aliphatic carbocycles. The van der Waals surface area contributed by atoms with Gasteiger partial charge in [0.05, 0.1) is 5.60 Å². The Hall–Kier alpha value is -2.47. The highest BCUT2D eigenvalue weighted by Gasteiger charge is 2.33. The molecule has 2 rings (SSSR count). The summed E-state index contributed by atoms with van der Waals surface area (Å²) >= 11 is 0. The van der Waals surface area contributed by atoms with Crippen molar-refractivity contribution in [2.45, 2.75) is 58.7 Å². The van der Waals surface area contributed by atoms with Gasteiger partial charge >= 0.3 is 11.9 Å². The van der Waals surface area contributed by atoms with Crippen LogP contribution in [0.1, 0.15) is 47.0 Å². The maximum Gasteiger partial charge on any atom is 0.339 e. The first kappa shape index (κ1) is 20.8. The van der Waals surface area contributed by atoms with Crippen LogP contribution < -0.4 is 0 Å². The van der Waals surface area contributed by atoms with Gasteiger partial charge in [0.25, 0.3) is 0 Å². The molecule has 0 saturated carbocycles. The molecule has 27 heavy (non-hydrogen) atoms. The minimum absolute atomic E-state index is 0.367. The van der Waals surface area contributed by atoms with Crippen molar-refractivity contribution in [3.63, 3.8) is 0 Å². The lowest BCUT2D eigenvalue weighted by molar-refractivity contribution is -0.141. The van der Waals surface area contributed by atoms with Gasteiger partial charge in [-0.15, -0.1) is 0 Å². The summed E-state index contributed by atoms with van der Waals surface area (Å²) in [7, 11) is 1.55. The Kier molecular flexibility index (Phi) is 6.54. The molecular weight excluding hydrogens is 348 g/mol. The van der Waals surface area contributed by atoms with E-state index >= 15 is 0 Å². The number of aldehydes is 1. The van der Waals surface area contributed by atoms with Crippen LogP contribution in [0.3, 0.4) is 0 Å². The molecule has 6 heteroatoms. The normalized spacial score (nSPS) is 22.7. The van der Waals surface area contributed by atoms with Crippen LogP contribution in [-0.4, -0.2) is 37.0 Å². The highest BCUT2D eigenvalue weighted by atomic mass is 16.6. The molecular formula is C21H26O6. The summed E-state index contributed by atoms with van der Waals surface area (Å²) in [6, 6.07) is 0. The first-order valence-corrected chi connectivity index (χ1v) is 8.89. The second-order valence-corrected chi connectivity index (χ2v) is 7.26. The van der Waals surface area contributed by atoms with E-state index in [0.29, 0.717) is 41.7 Å². The van der Waals surface area contributed by atoms with Crippen LogP contribution in [0, 0.1) is 0 Å². The fourth-order valence-corrected chi connectivity index (χ4v) is 2.98. The largest absolute Gasteiger partial charge is 0.455 e. The molecule has 0 amide bonds. The highest BCUT2D eigenvalue weighted by Crippen LogP contribution is 2.30. The van der Waals surface area contributed by atoms with E-state index in [4.69, 9.17) is 14.2 Å². The van der Waals surface area contributed by atoms with Crippen molar-refractivity contribution in [2.24, 2.45) is 0 Å². The van der Waals surface area contributed by atoms with Gasteiger partial charge < -0.3 is 14.2 Å². The summed E-state index contributed by atoms with van der Waals surface area (Å²) in [6.45, 7) is 7.26. The SMILES string of the molecule is COC(C)(C=C1C=C(C)C(=O)O1)CC1C=C(CCC(C=O)=C(C)C)C(=O)O1. The number of cyclic esters (lactones) is 2. The predicted octanol–water partition coefficient (Wildman–Crippen LogP) is 3.34. The minimum Gasteiger partial charge on any atom is -0.455 e. The van der Waals surface area contributed by atoms with Crippen LogP contribution >= 0.6 is 0 Å². The average molecular weight is 374 g/mol. The molecule has 2 atom stereocenters. The van der Waals surface area contributed by atoms with Crippen molar-refractivity contribution < 1.29 is 28.6 Å². The Morgan fingerprint density at radius 2 is 2.00 bits per heavy atom. The number of hydrogen-bond acceptors (Lipinski definition) is 6. The third kappa shape index (κ3) is 5.26. The van der Waals surface area contributed by atoms with E-state index in [1.807, 2.05) is 20.8 Å². The molecule has 0 radical (unpaired) electrons. The Morgan fingerprint density at radius 3 is 2.52 bits per heavy atom. The number of rotatable bonds is 8. The molecule has 2 aliphatic rings. The van der Waals surface area contributed by atoms with E-state index in [9.17, 15) is 14.4 Å². The zero-order valence-corrected chi connectivity index (χ0v) is 16.5. The van der Waals surface area contributed by atoms with Crippen LogP contribution in [0.25, 0.3) is 0 Å². The smallest absolute Gasteiger partial charge is 0.339 e. The second kappa shape index (κ2) is 8.48. The number of carbonyl (C=O) groups excluding carboxylic acids is 3. The fraction of sp³-hybridized carbons (Fsp3) is 0.476. The molecule has 0 bridgehead atoms. The summed E-state index contributed by atoms with van der Waals surface area (Å²) in [5.74, 6) is -0.317. The molecule has 6 nitrogen and oxygen atoms in total. The van der Waals surface area contributed by atoms with E-state index < -0.39 is 11.7 Å². The van der Waals surface area contributed by atoms with Gasteiger partial charge in [0, 0.05) is 24.7 Å². The summed E-state index contributed by atoms with van der Waals surface area (Å²) < 4.78 is 16.2. The topological polar surface area (TPSA) is 78.9 Å². The van der Waals surface area contributed by atoms with Gasteiger partial charge in [-0.3, -0.25) is 4.79 Å². The van der Waals surface area contributed by atoms with Crippen molar-refractivity contribution >= 4 is 18.2 Å². The standard InChI is InChI=1S/C21H26O6/c1-13(2)16(12-22)7-6-15-9-18(27-20(15)24)11-21(4,25-5)10-17-8-14(3)19(23)26-17/h8-10,12,18H,6-7,11H2,1-5H3. The lowest BCUT2D eigenvalue weighted by atomic mass is 9.95. The van der Waals surface area contributed by atoms with Crippen molar-refractivity contribution in [1.82, 2.24) is 0 Å². The van der Waals surface area contributed by atoms with E-state index in [1.54, 1.807) is 32.3 Å². The average Bonchev–Trinajstić information content (AvgIpc) is 3.09. The first-order chi connectivity index (χ1) is 12.7. The van der Waals surface area contributed by atoms with Crippen molar-refractivity contribution in [3.05, 3.63) is 46.3 Å². The predicted molar refractivity (Wildman–Crippen MR) is 99.6 cm³/mol. The van der Waals surface area contributed by atoms with Gasteiger partial charge in [-0.25, -0.2) is 9.59 Å². The molecule has 0 aromatic rings. The molecule has 2 aliphatic heterocycles. The van der Waals surface area contributed by atoms with Crippen LogP contribution in [0.15, 0.2) is 46.3 Å². The first-order valence-electron chi connectivity index (χ1n) is 8.89. The summed E-state index contributed by atoms with van der Waals surface area (Å²) in [5.41, 5.74) is 1.96. The highest BCUT2D eigenvalue weighted by molar-refractivity contribution is 5.92. The maximum atomic E-state index is 12.1. The van der Waals surface area contributed by atoms with Gasteiger partial charge in [0.15, 0.2) is 0 Å². The number of allylic oxidation sites excluding steroid dienone is 3. The van der Waals surface area contributed by atoms with Gasteiger partial charge in [-0.05, 0) is 64.3 Å². The van der Waals surface area contributed by atoms with Crippen LogP contribution in [0.4, 0.5) is 0 Å². The third-order valence-corrected chi connectivity index (χ3v) is 4.77. The minimum atomic E-state index is -0.776. The molecule has 0 N–H and O–H groups in total. The number of carbonyl (C=O) groups is 3. The van der Waals surface area contributed by atoms with Crippen molar-refractivity contribution in [1.29, 1.82) is 0 Å². The van der Waals surface area contributed by atoms with Crippen molar-refractivity contribution in [2.75, 3.05) is 7.11 Å². The Labute approximate surface area is 159 Å². The monoisotopic (exact) mass is 374 g/mol. The third-order valence-electron chi connectivity index (χ3n) is 4.77. The molecule has 146 valence electrons. The summed E-state index contributed by atoms with van der Waals surface area (Å²) in [4.78, 5) is 34.7. The number of methoxy groups -OCH3 is 1. The van der Waals surface area contributed by atoms with Crippen LogP contribution in [0.2, 0.25) is 0 Å². The lowest BCUT2D eigenvalue weighted by Crippen LogP contribution is -2.30. The molecule has 2 heterocycles. The van der Waals surface area contributed by atoms with E-state index in [1.165, 1.54) is 0 Å². The second-order valence-electron chi connectivity index (χ2n) is 7.26. The lowest BCUT2D eigenvalue weighted by Gasteiger charge is -2.26. The summed E-state index contributed by atoms with van der Waals surface area (Å²) in [6.07, 6.45) is 6.90. The Balaban J connectivity index is 2.07. The maximum absolute atomic E-state index is 12.1. The quantitative estimate of drug-likeness (QED) is 0.368. The molecule has 2 unspecified atom stereocenters. The molecule has 0 fully saturated rings. The van der Waals surface area contributed by atoms with Gasteiger partial charge in [-0.1, -0.05) is 5.57 Å². The van der Waals surface area contributed by atoms with Crippen molar-refractivity contribution in [3.8, 4) is 0 Å². The van der Waals surface area contributed by atoms with E-state index in [2.05, 4.69) is 0 Å². The molecule has 0 aromatic carbocycles. The van der Waals surface area contributed by atoms with E-state index in [0.717, 1.165) is 11.9 Å². The van der Waals surface area contributed by atoms with Gasteiger partial charge in [0.2, 0.25) is 0 Å². The fourth-order valence-electron chi connectivity index (χ4n) is 2.98. The zero-order valence-electron chi connectivity index (χ0n) is 16.5. The van der Waals surface area contributed by atoms with E-state index in [-0.39, 0.29) is 11.9 Å². The molecule has 0 saturated heterocycles. The number of ether oxygens (including phenoxy) is 3. The summed E-state index contributed by atoms with van der Waals surface area (Å²) in [5, 5.41) is 0. The Bertz CT molecular complexity index is 764. The Morgan fingerprint density at radius 1 is 1.30 bits per heavy atom. The number of esters is 2. The zero-order chi connectivity index (χ0) is 20.2.